The number of amides is 1. The first kappa shape index (κ1) is 15.8. The van der Waals surface area contributed by atoms with Crippen LogP contribution in [0.2, 0.25) is 0 Å². The summed E-state index contributed by atoms with van der Waals surface area (Å²) in [6.07, 6.45) is 3.27. The Morgan fingerprint density at radius 3 is 2.75 bits per heavy atom. The molecule has 4 nitrogen and oxygen atoms in total. The minimum atomic E-state index is -0.505. The summed E-state index contributed by atoms with van der Waals surface area (Å²) in [6, 6.07) is 9.19. The molecule has 1 aromatic rings. The van der Waals surface area contributed by atoms with Gasteiger partial charge in [0.25, 0.3) is 0 Å². The molecule has 1 amide bonds. The lowest BCUT2D eigenvalue weighted by Gasteiger charge is -2.20. The van der Waals surface area contributed by atoms with E-state index in [4.69, 9.17) is 10.00 Å². The Hall–Kier alpha value is -2.28. The summed E-state index contributed by atoms with van der Waals surface area (Å²) in [5.41, 5.74) is 1.02. The molecule has 1 aromatic carbocycles. The second-order valence-electron chi connectivity index (χ2n) is 5.53. The number of ether oxygens (including phenoxy) is 1. The summed E-state index contributed by atoms with van der Waals surface area (Å²) in [5, 5.41) is 11.5. The van der Waals surface area contributed by atoms with Crippen LogP contribution < -0.4 is 5.32 Å². The molecule has 0 aromatic heterocycles. The third kappa shape index (κ3) is 6.05. The largest absolute Gasteiger partial charge is 0.444 e. The van der Waals surface area contributed by atoms with Gasteiger partial charge in [0.15, 0.2) is 0 Å². The lowest BCUT2D eigenvalue weighted by Crippen LogP contribution is -2.36. The van der Waals surface area contributed by atoms with Crippen LogP contribution in [0.25, 0.3) is 6.08 Å². The normalized spacial score (nSPS) is 12.8. The molecular weight excluding hydrogens is 252 g/mol. The Morgan fingerprint density at radius 2 is 2.15 bits per heavy atom. The molecular formula is C16H20N2O2. The van der Waals surface area contributed by atoms with Crippen LogP contribution in [0, 0.1) is 11.3 Å². The molecule has 0 aliphatic carbocycles. The van der Waals surface area contributed by atoms with Crippen LogP contribution in [0.3, 0.4) is 0 Å². The predicted octanol–water partition coefficient (Wildman–Crippen LogP) is 3.48. The van der Waals surface area contributed by atoms with Crippen LogP contribution in [0.15, 0.2) is 30.3 Å². The number of hydrogen-bond acceptors (Lipinski definition) is 3. The first-order chi connectivity index (χ1) is 9.30. The number of alkyl carbamates (subject to hydrolysis) is 1. The maximum atomic E-state index is 11.6. The van der Waals surface area contributed by atoms with Crippen molar-refractivity contribution in [3.63, 3.8) is 0 Å². The van der Waals surface area contributed by atoms with Crippen molar-refractivity contribution in [2.24, 2.45) is 0 Å². The molecule has 0 saturated carbocycles. The van der Waals surface area contributed by atoms with Crippen LogP contribution in [0.1, 0.15) is 38.8 Å². The highest BCUT2D eigenvalue weighted by Gasteiger charge is 2.16. The van der Waals surface area contributed by atoms with Crippen LogP contribution in [0.5, 0.6) is 0 Å². The Kier molecular flexibility index (Phi) is 5.33. The second-order valence-corrected chi connectivity index (χ2v) is 5.53. The number of carbonyl (C=O) groups excluding carboxylic acids is 1. The molecule has 0 aliphatic heterocycles. The number of hydrogen-bond donors (Lipinski definition) is 1. The summed E-state index contributed by atoms with van der Waals surface area (Å²) >= 11 is 0. The predicted molar refractivity (Wildman–Crippen MR) is 79.0 cm³/mol. The van der Waals surface area contributed by atoms with E-state index < -0.39 is 11.7 Å². The first-order valence-electron chi connectivity index (χ1n) is 6.48. The van der Waals surface area contributed by atoms with E-state index >= 15 is 0 Å². The van der Waals surface area contributed by atoms with Crippen molar-refractivity contribution in [2.45, 2.75) is 39.3 Å². The van der Waals surface area contributed by atoms with Gasteiger partial charge in [0.05, 0.1) is 11.6 Å². The number of carbonyl (C=O) groups is 1. The lowest BCUT2D eigenvalue weighted by molar-refractivity contribution is 0.0518. The van der Waals surface area contributed by atoms with Crippen molar-refractivity contribution in [3.05, 3.63) is 41.5 Å². The van der Waals surface area contributed by atoms with Gasteiger partial charge < -0.3 is 10.1 Å². The lowest BCUT2D eigenvalue weighted by atomic mass is 10.1. The summed E-state index contributed by atoms with van der Waals surface area (Å²) in [7, 11) is 0. The van der Waals surface area contributed by atoms with Gasteiger partial charge in [-0.25, -0.2) is 4.79 Å². The fourth-order valence-corrected chi connectivity index (χ4v) is 1.51. The molecule has 0 radical (unpaired) electrons. The van der Waals surface area contributed by atoms with Crippen molar-refractivity contribution >= 4 is 12.2 Å². The molecule has 106 valence electrons. The van der Waals surface area contributed by atoms with Crippen LogP contribution >= 0.6 is 0 Å². The minimum Gasteiger partial charge on any atom is -0.444 e. The zero-order valence-corrected chi connectivity index (χ0v) is 12.3. The molecule has 0 heterocycles. The fourth-order valence-electron chi connectivity index (χ4n) is 1.51. The third-order valence-corrected chi connectivity index (χ3v) is 2.34. The van der Waals surface area contributed by atoms with E-state index in [0.717, 1.165) is 5.56 Å². The van der Waals surface area contributed by atoms with Gasteiger partial charge in [-0.3, -0.25) is 0 Å². The average molecular weight is 272 g/mol. The molecule has 0 aliphatic rings. The average Bonchev–Trinajstić information content (AvgIpc) is 2.34. The van der Waals surface area contributed by atoms with Crippen molar-refractivity contribution in [2.75, 3.05) is 0 Å². The minimum absolute atomic E-state index is 0.157. The van der Waals surface area contributed by atoms with Crippen molar-refractivity contribution < 1.29 is 9.53 Å². The van der Waals surface area contributed by atoms with Crippen LogP contribution in [0.4, 0.5) is 4.79 Å². The zero-order valence-electron chi connectivity index (χ0n) is 12.3. The van der Waals surface area contributed by atoms with E-state index in [9.17, 15) is 4.79 Å². The molecule has 0 saturated heterocycles. The van der Waals surface area contributed by atoms with Gasteiger partial charge in [-0.05, 0) is 45.4 Å². The fraction of sp³-hybridized carbons (Fsp3) is 0.375. The maximum Gasteiger partial charge on any atom is 0.408 e. The maximum absolute atomic E-state index is 11.6. The molecule has 20 heavy (non-hydrogen) atoms. The van der Waals surface area contributed by atoms with E-state index in [1.54, 1.807) is 12.1 Å². The summed E-state index contributed by atoms with van der Waals surface area (Å²) < 4.78 is 5.17. The topological polar surface area (TPSA) is 62.1 Å². The number of rotatable bonds is 3. The van der Waals surface area contributed by atoms with Crippen LogP contribution in [-0.4, -0.2) is 17.7 Å². The highest BCUT2D eigenvalue weighted by molar-refractivity contribution is 5.68. The van der Waals surface area contributed by atoms with Crippen LogP contribution in [-0.2, 0) is 4.74 Å². The first-order valence-corrected chi connectivity index (χ1v) is 6.48. The number of benzene rings is 1. The smallest absolute Gasteiger partial charge is 0.408 e. The summed E-state index contributed by atoms with van der Waals surface area (Å²) in [5.74, 6) is 0. The van der Waals surface area contributed by atoms with Crippen molar-refractivity contribution in [1.82, 2.24) is 5.32 Å². The van der Waals surface area contributed by atoms with E-state index in [0.29, 0.717) is 5.56 Å². The van der Waals surface area contributed by atoms with Crippen molar-refractivity contribution in [1.29, 1.82) is 5.26 Å². The highest BCUT2D eigenvalue weighted by Crippen LogP contribution is 2.08. The van der Waals surface area contributed by atoms with E-state index in [1.165, 1.54) is 0 Å². The Labute approximate surface area is 120 Å². The van der Waals surface area contributed by atoms with Gasteiger partial charge in [0, 0.05) is 6.04 Å². The summed E-state index contributed by atoms with van der Waals surface area (Å²) in [4.78, 5) is 11.6. The Balaban J connectivity index is 2.57. The van der Waals surface area contributed by atoms with E-state index in [2.05, 4.69) is 11.4 Å². The molecule has 1 rings (SSSR count). The molecule has 0 spiro atoms. The van der Waals surface area contributed by atoms with Gasteiger partial charge in [-0.2, -0.15) is 5.26 Å². The van der Waals surface area contributed by atoms with Gasteiger partial charge >= 0.3 is 6.09 Å². The van der Waals surface area contributed by atoms with Crippen molar-refractivity contribution in [3.8, 4) is 6.07 Å². The van der Waals surface area contributed by atoms with Gasteiger partial charge in [0.2, 0.25) is 0 Å². The Bertz CT molecular complexity index is 536. The number of nitriles is 1. The standard InChI is InChI=1S/C16H20N2O2/c1-12(18-15(19)20-16(2,3)4)8-9-13-6-5-7-14(10-13)11-17/h5-10,12H,1-4H3,(H,18,19)/t12-/m0/s1. The molecule has 4 heteroatoms. The monoisotopic (exact) mass is 272 g/mol. The number of nitrogens with one attached hydrogen (secondary N) is 1. The van der Waals surface area contributed by atoms with E-state index in [-0.39, 0.29) is 6.04 Å². The molecule has 0 bridgehead atoms. The molecule has 1 N–H and O–H groups in total. The van der Waals surface area contributed by atoms with Gasteiger partial charge in [-0.15, -0.1) is 0 Å². The molecule has 0 unspecified atom stereocenters. The SMILES string of the molecule is C[C@@H](C=Cc1cccc(C#N)c1)NC(=O)OC(C)(C)C. The number of nitrogens with zero attached hydrogens (tertiary/aromatic N) is 1. The van der Waals surface area contributed by atoms with Gasteiger partial charge in [0.1, 0.15) is 5.60 Å². The van der Waals surface area contributed by atoms with E-state index in [1.807, 2.05) is 52.0 Å². The Morgan fingerprint density at radius 1 is 1.45 bits per heavy atom. The molecule has 0 fully saturated rings. The zero-order chi connectivity index (χ0) is 15.2. The second kappa shape index (κ2) is 6.76. The highest BCUT2D eigenvalue weighted by atomic mass is 16.6. The van der Waals surface area contributed by atoms with Gasteiger partial charge in [-0.1, -0.05) is 24.3 Å². The molecule has 1 atom stereocenters. The quantitative estimate of drug-likeness (QED) is 0.916. The summed E-state index contributed by atoms with van der Waals surface area (Å²) in [6.45, 7) is 7.32. The third-order valence-electron chi connectivity index (χ3n) is 2.34.